The standard InChI is InChI=1S/C38H53N2O14PSi/c1-22(41)39-29-33(48-24(3)43)31(27(50-37(29)53-55(44)45)20-46-19-25-15-11-9-12-16-25)52-36-30(40-23(2)42)34(54-56(7,8)38(4,5)6)32-28(49-36)21-47-35(51-32)26-17-13-10-14-18-26/h9-18,27-37H,19-21H2,1-8H3,(H,39,41)(H,40,42)/t27-,28-,29-,30-,31+,32+,33-,34-,35+,36+,37-/m1/s1. The minimum atomic E-state index is -3.50. The molecular formula is C38H53N2O14PSi. The highest BCUT2D eigenvalue weighted by Crippen LogP contribution is 2.43. The van der Waals surface area contributed by atoms with Gasteiger partial charge < -0.3 is 53.1 Å². The number of carbonyl (C=O) groups excluding carboxylic acids is 3. The molecule has 0 aliphatic carbocycles. The van der Waals surface area contributed by atoms with E-state index >= 15 is 0 Å². The summed E-state index contributed by atoms with van der Waals surface area (Å²) >= 11 is 0. The molecule has 2 N–H and O–H groups in total. The normalized spacial score (nSPS) is 31.1. The summed E-state index contributed by atoms with van der Waals surface area (Å²) in [6, 6.07) is 16.3. The first-order valence-corrected chi connectivity index (χ1v) is 22.5. The Labute approximate surface area is 329 Å². The van der Waals surface area contributed by atoms with Gasteiger partial charge in [0.2, 0.25) is 18.1 Å². The van der Waals surface area contributed by atoms with E-state index in [2.05, 4.69) is 44.5 Å². The van der Waals surface area contributed by atoms with Crippen LogP contribution in [0.2, 0.25) is 18.1 Å². The summed E-state index contributed by atoms with van der Waals surface area (Å²) in [5.41, 5.74) is 1.63. The Morgan fingerprint density at radius 3 is 2.04 bits per heavy atom. The van der Waals surface area contributed by atoms with Gasteiger partial charge in [0.15, 0.2) is 27.0 Å². The number of amides is 2. The molecule has 0 saturated carbocycles. The van der Waals surface area contributed by atoms with Crippen LogP contribution in [-0.4, -0.2) is 101 Å². The lowest BCUT2D eigenvalue weighted by Crippen LogP contribution is -2.71. The summed E-state index contributed by atoms with van der Waals surface area (Å²) in [7, 11) is -6.12. The van der Waals surface area contributed by atoms with Gasteiger partial charge in [-0.1, -0.05) is 81.4 Å². The van der Waals surface area contributed by atoms with Crippen molar-refractivity contribution in [3.8, 4) is 0 Å². The van der Waals surface area contributed by atoms with E-state index in [1.54, 1.807) is 0 Å². The van der Waals surface area contributed by atoms with Crippen LogP contribution in [0.5, 0.6) is 0 Å². The number of rotatable bonds is 14. The molecule has 18 heteroatoms. The van der Waals surface area contributed by atoms with Crippen molar-refractivity contribution in [2.24, 2.45) is 0 Å². The van der Waals surface area contributed by atoms with Gasteiger partial charge in [0, 0.05) is 26.3 Å². The Morgan fingerprint density at radius 1 is 0.857 bits per heavy atom. The lowest BCUT2D eigenvalue weighted by atomic mass is 9.93. The van der Waals surface area contributed by atoms with E-state index < -0.39 is 102 Å². The molecule has 56 heavy (non-hydrogen) atoms. The predicted octanol–water partition coefficient (Wildman–Crippen LogP) is 3.52. The van der Waals surface area contributed by atoms with E-state index in [4.69, 9.17) is 42.1 Å². The molecule has 0 radical (unpaired) electrons. The third-order valence-corrected chi connectivity index (χ3v) is 15.1. The molecular weight excluding hydrogens is 767 g/mol. The van der Waals surface area contributed by atoms with Gasteiger partial charge in [0.05, 0.1) is 25.9 Å². The summed E-state index contributed by atoms with van der Waals surface area (Å²) in [4.78, 5) is 50.1. The average molecular weight is 821 g/mol. The van der Waals surface area contributed by atoms with Crippen molar-refractivity contribution in [3.63, 3.8) is 0 Å². The van der Waals surface area contributed by atoms with Crippen LogP contribution in [0.4, 0.5) is 0 Å². The van der Waals surface area contributed by atoms with Crippen LogP contribution >= 0.6 is 8.25 Å². The monoisotopic (exact) mass is 820 g/mol. The molecule has 0 bridgehead atoms. The summed E-state index contributed by atoms with van der Waals surface area (Å²) in [5, 5.41) is 5.32. The predicted molar refractivity (Wildman–Crippen MR) is 200 cm³/mol. The molecule has 3 heterocycles. The van der Waals surface area contributed by atoms with Crippen LogP contribution in [0.25, 0.3) is 0 Å². The smallest absolute Gasteiger partial charge is 0.491 e. The Morgan fingerprint density at radius 2 is 1.46 bits per heavy atom. The number of fused-ring (bicyclic) bond motifs is 1. The number of nitrogens with one attached hydrogen (secondary N) is 2. The SMILES string of the molecule is CC(=O)N[C@H]1[C@H](O[C@@H]2[C@H](OC(C)=O)[C@@H](NC(C)=O)[C@@H](O[P+](=O)[O-])O[C@@H]2COCc2ccccc2)O[C@@H]2CO[C@H](c3ccccc3)O[C@@H]2[C@@H]1O[Si](C)(C)C(C)(C)C. The van der Waals surface area contributed by atoms with Gasteiger partial charge in [-0.3, -0.25) is 14.4 Å². The number of ether oxygens (including phenoxy) is 7. The maximum absolute atomic E-state index is 13.0. The molecule has 16 nitrogen and oxygen atoms in total. The number of carbonyl (C=O) groups is 3. The van der Waals surface area contributed by atoms with Crippen molar-refractivity contribution in [1.29, 1.82) is 0 Å². The zero-order valence-electron chi connectivity index (χ0n) is 32.9. The fourth-order valence-corrected chi connectivity index (χ4v) is 8.30. The molecule has 12 atom stereocenters. The fraction of sp³-hybridized carbons (Fsp3) is 0.605. The van der Waals surface area contributed by atoms with Crippen LogP contribution in [0.1, 0.15) is 59.0 Å². The van der Waals surface area contributed by atoms with Crippen molar-refractivity contribution in [2.45, 2.75) is 134 Å². The van der Waals surface area contributed by atoms with E-state index in [1.807, 2.05) is 60.7 Å². The van der Waals surface area contributed by atoms with Crippen LogP contribution < -0.4 is 15.5 Å². The van der Waals surface area contributed by atoms with Gasteiger partial charge in [-0.25, -0.2) is 0 Å². The van der Waals surface area contributed by atoms with Crippen LogP contribution in [0.3, 0.4) is 0 Å². The average Bonchev–Trinajstić information content (AvgIpc) is 3.11. The van der Waals surface area contributed by atoms with E-state index in [-0.39, 0.29) is 24.9 Å². The molecule has 1 unspecified atom stereocenters. The summed E-state index contributed by atoms with van der Waals surface area (Å²) < 4.78 is 68.3. The molecule has 3 saturated heterocycles. The molecule has 3 fully saturated rings. The maximum atomic E-state index is 13.0. The zero-order valence-corrected chi connectivity index (χ0v) is 34.8. The Kier molecular flexibility index (Phi) is 14.9. The largest absolute Gasteiger partial charge is 0.566 e. The van der Waals surface area contributed by atoms with Crippen molar-refractivity contribution in [3.05, 3.63) is 71.8 Å². The van der Waals surface area contributed by atoms with Crippen molar-refractivity contribution in [2.75, 3.05) is 13.2 Å². The number of hydrogen-bond acceptors (Lipinski definition) is 14. The highest BCUT2D eigenvalue weighted by Gasteiger charge is 2.58. The first-order chi connectivity index (χ1) is 26.4. The quantitative estimate of drug-likeness (QED) is 0.160. The van der Waals surface area contributed by atoms with Gasteiger partial charge in [0.1, 0.15) is 36.5 Å². The summed E-state index contributed by atoms with van der Waals surface area (Å²) in [6.45, 7) is 14.1. The summed E-state index contributed by atoms with van der Waals surface area (Å²) in [6.07, 6.45) is -9.93. The fourth-order valence-electron chi connectivity index (χ4n) is 6.63. The summed E-state index contributed by atoms with van der Waals surface area (Å²) in [5.74, 6) is -1.77. The van der Waals surface area contributed by atoms with Crippen LogP contribution in [0.15, 0.2) is 60.7 Å². The minimum Gasteiger partial charge on any atom is -0.566 e. The van der Waals surface area contributed by atoms with Gasteiger partial charge in [-0.05, 0) is 28.3 Å². The molecule has 3 aliphatic rings. The first-order valence-electron chi connectivity index (χ1n) is 18.5. The van der Waals surface area contributed by atoms with Crippen molar-refractivity contribution >= 4 is 34.4 Å². The van der Waals surface area contributed by atoms with Crippen molar-refractivity contribution < 1.29 is 65.9 Å². The maximum Gasteiger partial charge on any atom is 0.491 e. The third-order valence-electron chi connectivity index (χ3n) is 10.2. The van der Waals surface area contributed by atoms with Gasteiger partial charge >= 0.3 is 14.2 Å². The minimum absolute atomic E-state index is 0.0629. The lowest BCUT2D eigenvalue weighted by molar-refractivity contribution is -0.363. The van der Waals surface area contributed by atoms with E-state index in [1.165, 1.54) is 13.8 Å². The van der Waals surface area contributed by atoms with Gasteiger partial charge in [0.25, 0.3) is 0 Å². The first kappa shape index (κ1) is 43.9. The Hall–Kier alpha value is -3.19. The molecule has 308 valence electrons. The number of hydrogen-bond donors (Lipinski definition) is 2. The Bertz CT molecular complexity index is 1650. The van der Waals surface area contributed by atoms with Crippen LogP contribution in [0, 0.1) is 0 Å². The molecule has 3 aliphatic heterocycles. The molecule has 2 amide bonds. The molecule has 2 aromatic rings. The molecule has 0 spiro atoms. The number of benzene rings is 2. The van der Waals surface area contributed by atoms with Gasteiger partial charge in [-0.2, -0.15) is 0 Å². The second-order valence-corrected chi connectivity index (χ2v) is 21.0. The van der Waals surface area contributed by atoms with E-state index in [0.29, 0.717) is 0 Å². The third kappa shape index (κ3) is 11.3. The number of esters is 1. The van der Waals surface area contributed by atoms with Crippen molar-refractivity contribution in [1.82, 2.24) is 10.6 Å². The topological polar surface area (TPSA) is 198 Å². The van der Waals surface area contributed by atoms with E-state index in [9.17, 15) is 23.8 Å². The second-order valence-electron chi connectivity index (χ2n) is 15.6. The molecule has 0 aromatic heterocycles. The van der Waals surface area contributed by atoms with Crippen LogP contribution in [-0.2, 0) is 67.7 Å². The lowest BCUT2D eigenvalue weighted by Gasteiger charge is -2.53. The zero-order chi connectivity index (χ0) is 40.8. The second kappa shape index (κ2) is 19.0. The molecule has 5 rings (SSSR count). The highest BCUT2D eigenvalue weighted by atomic mass is 31.1. The van der Waals surface area contributed by atoms with E-state index in [0.717, 1.165) is 18.1 Å². The Balaban J connectivity index is 1.55. The highest BCUT2D eigenvalue weighted by molar-refractivity contribution is 7.30. The molecule has 2 aromatic carbocycles. The van der Waals surface area contributed by atoms with Gasteiger partial charge in [-0.15, -0.1) is 4.52 Å².